The number of quaternary nitrogens is 1. The fourth-order valence-electron chi connectivity index (χ4n) is 5.07. The summed E-state index contributed by atoms with van der Waals surface area (Å²) in [6, 6.07) is 0. The summed E-state index contributed by atoms with van der Waals surface area (Å²) in [7, 11) is 1.36. The number of unbranched alkanes of at least 4 members (excludes halogenated alkanes) is 19. The van der Waals surface area contributed by atoms with Gasteiger partial charge in [0.1, 0.15) is 19.3 Å². The van der Waals surface area contributed by atoms with Crippen LogP contribution in [0.5, 0.6) is 0 Å². The summed E-state index contributed by atoms with van der Waals surface area (Å²) in [5.41, 5.74) is 0. The van der Waals surface area contributed by atoms with Crippen LogP contribution in [0, 0.1) is 0 Å². The van der Waals surface area contributed by atoms with Crippen LogP contribution < -0.4 is 4.89 Å². The Morgan fingerprint density at radius 2 is 1.13 bits per heavy atom. The normalized spacial score (nSPS) is 14.1. The monoisotopic (exact) mass is 676 g/mol. The number of nitrogens with zero attached hydrogens (tertiary/aromatic N) is 1. The zero-order valence-corrected chi connectivity index (χ0v) is 31.7. The molecule has 0 bridgehead atoms. The Hall–Kier alpha value is -0.760. The Balaban J connectivity index is 4.29. The van der Waals surface area contributed by atoms with Crippen molar-refractivity contribution in [2.75, 3.05) is 54.1 Å². The molecule has 0 aliphatic rings. The molecule has 0 aromatic heterocycles. The molecule has 0 N–H and O–H groups in total. The third-order valence-electron chi connectivity index (χ3n) is 8.07. The first kappa shape index (κ1) is 45.2. The van der Waals surface area contributed by atoms with E-state index >= 15 is 0 Å². The lowest BCUT2D eigenvalue weighted by molar-refractivity contribution is -0.870. The molecular weight excluding hydrogens is 601 g/mol. The second-order valence-corrected chi connectivity index (χ2v) is 15.4. The van der Waals surface area contributed by atoms with Gasteiger partial charge in [-0.3, -0.25) is 9.36 Å². The van der Waals surface area contributed by atoms with Crippen molar-refractivity contribution in [1.29, 1.82) is 0 Å². The number of rotatable bonds is 35. The number of allylic oxidation sites excluding steroid dienone is 2. The van der Waals surface area contributed by atoms with Gasteiger partial charge in [-0.25, -0.2) is 0 Å². The van der Waals surface area contributed by atoms with E-state index < -0.39 is 13.9 Å². The Morgan fingerprint density at radius 3 is 1.67 bits per heavy atom. The van der Waals surface area contributed by atoms with Crippen molar-refractivity contribution in [2.24, 2.45) is 0 Å². The van der Waals surface area contributed by atoms with Gasteiger partial charge < -0.3 is 27.9 Å². The summed E-state index contributed by atoms with van der Waals surface area (Å²) < 4.78 is 34.4. The van der Waals surface area contributed by atoms with Gasteiger partial charge in [0.05, 0.1) is 34.4 Å². The zero-order valence-electron chi connectivity index (χ0n) is 30.8. The van der Waals surface area contributed by atoms with E-state index in [1.165, 1.54) is 109 Å². The highest BCUT2D eigenvalue weighted by Crippen LogP contribution is 2.38. The van der Waals surface area contributed by atoms with Crippen LogP contribution in [0.2, 0.25) is 0 Å². The first-order valence-corrected chi connectivity index (χ1v) is 20.4. The predicted octanol–water partition coefficient (Wildman–Crippen LogP) is 9.69. The van der Waals surface area contributed by atoms with Gasteiger partial charge in [-0.2, -0.15) is 0 Å². The number of hydrogen-bond acceptors (Lipinski definition) is 7. The van der Waals surface area contributed by atoms with Crippen LogP contribution in [-0.2, 0) is 27.9 Å². The molecule has 0 aromatic rings. The second kappa shape index (κ2) is 31.5. The number of phosphoric acid groups is 1. The molecule has 0 saturated carbocycles. The topological polar surface area (TPSA) is 94.1 Å². The summed E-state index contributed by atoms with van der Waals surface area (Å²) in [6.07, 6.45) is 30.7. The van der Waals surface area contributed by atoms with Crippen molar-refractivity contribution in [3.8, 4) is 0 Å². The minimum Gasteiger partial charge on any atom is -0.756 e. The molecule has 0 heterocycles. The summed E-state index contributed by atoms with van der Waals surface area (Å²) >= 11 is 0. The maximum Gasteiger partial charge on any atom is 0.306 e. The lowest BCUT2D eigenvalue weighted by atomic mass is 10.1. The largest absolute Gasteiger partial charge is 0.756 e. The van der Waals surface area contributed by atoms with Gasteiger partial charge in [0.15, 0.2) is 0 Å². The molecule has 0 rings (SSSR count). The van der Waals surface area contributed by atoms with Crippen LogP contribution in [0.3, 0.4) is 0 Å². The van der Waals surface area contributed by atoms with Gasteiger partial charge in [-0.1, -0.05) is 129 Å². The van der Waals surface area contributed by atoms with Gasteiger partial charge in [0, 0.05) is 13.0 Å². The van der Waals surface area contributed by atoms with Crippen molar-refractivity contribution in [3.05, 3.63) is 12.2 Å². The van der Waals surface area contributed by atoms with Crippen molar-refractivity contribution in [2.45, 2.75) is 168 Å². The molecule has 46 heavy (non-hydrogen) atoms. The van der Waals surface area contributed by atoms with Crippen LogP contribution in [0.25, 0.3) is 0 Å². The standard InChI is InChI=1S/C37H74NO7P/c1-6-8-10-12-14-16-18-19-20-21-23-25-27-29-32-42-34-36(35-44-46(40,41)43-33-31-38(3,4)5)45-37(39)30-28-26-24-22-17-15-13-11-9-7-2/h16,18,36H,6-15,17,19-35H2,1-5H3/b18-16-. The van der Waals surface area contributed by atoms with E-state index in [4.69, 9.17) is 18.5 Å². The average Bonchev–Trinajstić information content (AvgIpc) is 2.99. The van der Waals surface area contributed by atoms with Crippen molar-refractivity contribution < 1.29 is 37.3 Å². The molecule has 274 valence electrons. The quantitative estimate of drug-likeness (QED) is 0.0217. The Bertz CT molecular complexity index is 756. The van der Waals surface area contributed by atoms with Crippen molar-refractivity contribution in [1.82, 2.24) is 0 Å². The average molecular weight is 676 g/mol. The summed E-state index contributed by atoms with van der Waals surface area (Å²) in [6.45, 7) is 5.38. The molecule has 0 spiro atoms. The van der Waals surface area contributed by atoms with Gasteiger partial charge in [0.25, 0.3) is 7.82 Å². The minimum absolute atomic E-state index is 0.0276. The van der Waals surface area contributed by atoms with Crippen molar-refractivity contribution >= 4 is 13.8 Å². The van der Waals surface area contributed by atoms with Gasteiger partial charge in [-0.05, 0) is 38.5 Å². The molecule has 2 unspecified atom stereocenters. The van der Waals surface area contributed by atoms with Gasteiger partial charge in [0.2, 0.25) is 0 Å². The third-order valence-corrected chi connectivity index (χ3v) is 9.03. The number of carbonyl (C=O) groups excluding carboxylic acids is 1. The molecule has 0 amide bonds. The number of ether oxygens (including phenoxy) is 2. The molecule has 0 saturated heterocycles. The lowest BCUT2D eigenvalue weighted by Gasteiger charge is -2.28. The third kappa shape index (κ3) is 34.6. The highest BCUT2D eigenvalue weighted by Gasteiger charge is 2.20. The second-order valence-electron chi connectivity index (χ2n) is 13.9. The SMILES string of the molecule is CCCCCC/C=C\CCCCCCCCOCC(COP(=O)([O-])OCC[N+](C)(C)C)OC(=O)CCCCCCCCCCCC. The van der Waals surface area contributed by atoms with E-state index in [2.05, 4.69) is 26.0 Å². The summed E-state index contributed by atoms with van der Waals surface area (Å²) in [4.78, 5) is 24.8. The number of carbonyl (C=O) groups is 1. The molecule has 0 radical (unpaired) electrons. The maximum atomic E-state index is 12.5. The molecule has 0 aliphatic carbocycles. The van der Waals surface area contributed by atoms with E-state index in [-0.39, 0.29) is 25.8 Å². The fraction of sp³-hybridized carbons (Fsp3) is 0.919. The maximum absolute atomic E-state index is 12.5. The number of phosphoric ester groups is 1. The molecule has 0 fully saturated rings. The highest BCUT2D eigenvalue weighted by atomic mass is 31.2. The Kier molecular flexibility index (Phi) is 31.0. The molecule has 9 heteroatoms. The summed E-state index contributed by atoms with van der Waals surface area (Å²) in [5, 5.41) is 0. The van der Waals surface area contributed by atoms with Crippen LogP contribution in [0.4, 0.5) is 0 Å². The van der Waals surface area contributed by atoms with E-state index in [1.54, 1.807) is 0 Å². The van der Waals surface area contributed by atoms with Crippen LogP contribution in [0.15, 0.2) is 12.2 Å². The molecule has 2 atom stereocenters. The van der Waals surface area contributed by atoms with E-state index in [9.17, 15) is 14.3 Å². The van der Waals surface area contributed by atoms with Crippen LogP contribution >= 0.6 is 7.82 Å². The molecule has 0 aliphatic heterocycles. The lowest BCUT2D eigenvalue weighted by Crippen LogP contribution is -2.37. The van der Waals surface area contributed by atoms with Gasteiger partial charge >= 0.3 is 5.97 Å². The van der Waals surface area contributed by atoms with E-state index in [1.807, 2.05) is 21.1 Å². The molecule has 0 aromatic carbocycles. The van der Waals surface area contributed by atoms with E-state index in [0.29, 0.717) is 24.1 Å². The highest BCUT2D eigenvalue weighted by molar-refractivity contribution is 7.45. The van der Waals surface area contributed by atoms with Crippen LogP contribution in [0.1, 0.15) is 162 Å². The Morgan fingerprint density at radius 1 is 0.652 bits per heavy atom. The first-order valence-electron chi connectivity index (χ1n) is 18.9. The van der Waals surface area contributed by atoms with Crippen molar-refractivity contribution in [3.63, 3.8) is 0 Å². The smallest absolute Gasteiger partial charge is 0.306 e. The minimum atomic E-state index is -4.51. The Labute approximate surface area is 284 Å². The number of hydrogen-bond donors (Lipinski definition) is 0. The molecular formula is C37H74NO7P. The van der Waals surface area contributed by atoms with Gasteiger partial charge in [-0.15, -0.1) is 0 Å². The summed E-state index contributed by atoms with van der Waals surface area (Å²) in [5.74, 6) is -0.338. The fourth-order valence-corrected chi connectivity index (χ4v) is 5.80. The van der Waals surface area contributed by atoms with Crippen LogP contribution in [-0.4, -0.2) is 70.7 Å². The zero-order chi connectivity index (χ0) is 34.2. The number of esters is 1. The predicted molar refractivity (Wildman–Crippen MR) is 190 cm³/mol. The first-order chi connectivity index (χ1) is 22.1. The van der Waals surface area contributed by atoms with E-state index in [0.717, 1.165) is 32.1 Å². The molecule has 8 nitrogen and oxygen atoms in total. The number of likely N-dealkylation sites (N-methyl/N-ethyl adjacent to an activating group) is 1.